The summed E-state index contributed by atoms with van der Waals surface area (Å²) in [7, 11) is 3.50. The Morgan fingerprint density at radius 3 is 2.72 bits per heavy atom. The van der Waals surface area contributed by atoms with Gasteiger partial charge in [0.25, 0.3) is 0 Å². The molecule has 25 heavy (non-hydrogen) atoms. The number of likely N-dealkylation sites (tertiary alicyclic amines) is 1. The molecule has 0 spiro atoms. The quantitative estimate of drug-likeness (QED) is 0.285. The van der Waals surface area contributed by atoms with Gasteiger partial charge in [-0.25, -0.2) is 0 Å². The summed E-state index contributed by atoms with van der Waals surface area (Å²) < 4.78 is 5.06. The van der Waals surface area contributed by atoms with Gasteiger partial charge in [-0.1, -0.05) is 31.2 Å². The van der Waals surface area contributed by atoms with Gasteiger partial charge < -0.3 is 15.4 Å². The molecule has 1 unspecified atom stereocenters. The normalized spacial score (nSPS) is 18.5. The largest absolute Gasteiger partial charge is 0.383 e. The van der Waals surface area contributed by atoms with E-state index < -0.39 is 0 Å². The molecule has 2 N–H and O–H groups in total. The van der Waals surface area contributed by atoms with Crippen LogP contribution in [0.2, 0.25) is 0 Å². The molecule has 142 valence electrons. The topological polar surface area (TPSA) is 48.9 Å². The van der Waals surface area contributed by atoms with Gasteiger partial charge >= 0.3 is 0 Å². The number of hydrogen-bond acceptors (Lipinski definition) is 3. The summed E-state index contributed by atoms with van der Waals surface area (Å²) in [4.78, 5) is 6.84. The highest BCUT2D eigenvalue weighted by Crippen LogP contribution is 2.19. The van der Waals surface area contributed by atoms with Crippen LogP contribution in [0.4, 0.5) is 0 Å². The van der Waals surface area contributed by atoms with Crippen LogP contribution in [0.15, 0.2) is 29.3 Å². The highest BCUT2D eigenvalue weighted by molar-refractivity contribution is 14.0. The van der Waals surface area contributed by atoms with Crippen LogP contribution in [0.25, 0.3) is 0 Å². The first-order valence-electron chi connectivity index (χ1n) is 8.95. The highest BCUT2D eigenvalue weighted by Gasteiger charge is 2.17. The smallest absolute Gasteiger partial charge is 0.191 e. The van der Waals surface area contributed by atoms with Crippen molar-refractivity contribution in [1.29, 1.82) is 0 Å². The van der Waals surface area contributed by atoms with Gasteiger partial charge in [-0.15, -0.1) is 24.0 Å². The van der Waals surface area contributed by atoms with E-state index in [0.717, 1.165) is 31.5 Å². The van der Waals surface area contributed by atoms with Crippen LogP contribution in [0, 0.1) is 5.92 Å². The summed E-state index contributed by atoms with van der Waals surface area (Å²) in [5.74, 6) is 1.63. The van der Waals surface area contributed by atoms with Crippen LogP contribution in [0.5, 0.6) is 0 Å². The van der Waals surface area contributed by atoms with Crippen molar-refractivity contribution >= 4 is 29.9 Å². The average Bonchev–Trinajstić information content (AvgIpc) is 2.59. The molecule has 1 atom stereocenters. The molecule has 1 saturated heterocycles. The van der Waals surface area contributed by atoms with Gasteiger partial charge in [0.2, 0.25) is 0 Å². The number of ether oxygens (including phenoxy) is 1. The molecule has 0 radical (unpaired) electrons. The van der Waals surface area contributed by atoms with Gasteiger partial charge in [0, 0.05) is 40.3 Å². The fraction of sp³-hybridized carbons (Fsp3) is 0.632. The Hall–Kier alpha value is -0.860. The first-order chi connectivity index (χ1) is 11.7. The lowest BCUT2D eigenvalue weighted by Gasteiger charge is -2.31. The number of benzene rings is 1. The number of methoxy groups -OCH3 is 1. The number of piperidine rings is 1. The first-order valence-corrected chi connectivity index (χ1v) is 8.95. The van der Waals surface area contributed by atoms with Gasteiger partial charge in [-0.2, -0.15) is 0 Å². The summed E-state index contributed by atoms with van der Waals surface area (Å²) in [6.07, 6.45) is 2.68. The minimum absolute atomic E-state index is 0. The predicted octanol–water partition coefficient (Wildman–Crippen LogP) is 2.85. The summed E-state index contributed by atoms with van der Waals surface area (Å²) in [5, 5.41) is 6.65. The molecule has 1 fully saturated rings. The molecule has 0 saturated carbocycles. The maximum absolute atomic E-state index is 5.06. The third-order valence-electron chi connectivity index (χ3n) is 4.52. The fourth-order valence-corrected chi connectivity index (χ4v) is 3.23. The molecule has 1 aliphatic rings. The molecule has 0 aliphatic carbocycles. The monoisotopic (exact) mass is 460 g/mol. The van der Waals surface area contributed by atoms with Crippen LogP contribution < -0.4 is 10.6 Å². The number of nitrogens with zero attached hydrogens (tertiary/aromatic N) is 2. The summed E-state index contributed by atoms with van der Waals surface area (Å²) in [6.45, 7) is 8.03. The Kier molecular flexibility index (Phi) is 11.1. The number of halogens is 1. The lowest BCUT2D eigenvalue weighted by atomic mass is 9.99. The number of guanidine groups is 1. The Labute approximate surface area is 169 Å². The molecular formula is C19H33IN4O. The third kappa shape index (κ3) is 7.92. The lowest BCUT2D eigenvalue weighted by molar-refractivity contribution is 0.176. The van der Waals surface area contributed by atoms with Crippen LogP contribution >= 0.6 is 24.0 Å². The molecule has 1 heterocycles. The van der Waals surface area contributed by atoms with Crippen molar-refractivity contribution in [2.24, 2.45) is 10.9 Å². The Morgan fingerprint density at radius 2 is 2.04 bits per heavy atom. The third-order valence-corrected chi connectivity index (χ3v) is 4.52. The van der Waals surface area contributed by atoms with E-state index in [4.69, 9.17) is 4.74 Å². The van der Waals surface area contributed by atoms with Crippen molar-refractivity contribution in [1.82, 2.24) is 15.5 Å². The molecule has 1 aromatic carbocycles. The van der Waals surface area contributed by atoms with E-state index in [2.05, 4.69) is 51.7 Å². The maximum atomic E-state index is 5.06. The summed E-state index contributed by atoms with van der Waals surface area (Å²) in [6, 6.07) is 8.70. The molecule has 1 aliphatic heterocycles. The van der Waals surface area contributed by atoms with Gasteiger partial charge in [0.1, 0.15) is 0 Å². The maximum Gasteiger partial charge on any atom is 0.191 e. The highest BCUT2D eigenvalue weighted by atomic mass is 127. The molecule has 5 nitrogen and oxygen atoms in total. The van der Waals surface area contributed by atoms with Gasteiger partial charge in [0.05, 0.1) is 6.61 Å². The second-order valence-electron chi connectivity index (χ2n) is 6.60. The molecule has 0 amide bonds. The van der Waals surface area contributed by atoms with Gasteiger partial charge in [-0.05, 0) is 36.4 Å². The van der Waals surface area contributed by atoms with E-state index in [0.29, 0.717) is 6.61 Å². The molecule has 2 rings (SSSR count). The van der Waals surface area contributed by atoms with Crippen LogP contribution in [-0.2, 0) is 17.8 Å². The number of aliphatic imine (C=N–C) groups is 1. The zero-order chi connectivity index (χ0) is 17.2. The summed E-state index contributed by atoms with van der Waals surface area (Å²) >= 11 is 0. The van der Waals surface area contributed by atoms with Crippen molar-refractivity contribution in [3.63, 3.8) is 0 Å². The van der Waals surface area contributed by atoms with E-state index in [1.165, 1.54) is 37.1 Å². The molecule has 1 aromatic rings. The number of hydrogen-bond donors (Lipinski definition) is 2. The Morgan fingerprint density at radius 1 is 1.28 bits per heavy atom. The van der Waals surface area contributed by atoms with E-state index in [1.54, 1.807) is 14.2 Å². The molecular weight excluding hydrogens is 427 g/mol. The zero-order valence-electron chi connectivity index (χ0n) is 15.8. The van der Waals surface area contributed by atoms with Crippen molar-refractivity contribution in [2.75, 3.05) is 40.4 Å². The van der Waals surface area contributed by atoms with Crippen molar-refractivity contribution < 1.29 is 4.74 Å². The summed E-state index contributed by atoms with van der Waals surface area (Å²) in [5.41, 5.74) is 2.75. The van der Waals surface area contributed by atoms with E-state index in [9.17, 15) is 0 Å². The zero-order valence-corrected chi connectivity index (χ0v) is 18.1. The SMILES string of the molecule is CN=C(NCCOC)NCc1ccccc1CN1CCCC(C)C1.I. The number of rotatable bonds is 7. The second kappa shape index (κ2) is 12.5. The van der Waals surface area contributed by atoms with Crippen molar-refractivity contribution in [2.45, 2.75) is 32.9 Å². The van der Waals surface area contributed by atoms with Crippen LogP contribution in [0.3, 0.4) is 0 Å². The Bertz CT molecular complexity index is 524. The minimum atomic E-state index is 0. The van der Waals surface area contributed by atoms with Crippen LogP contribution in [-0.4, -0.2) is 51.3 Å². The predicted molar refractivity (Wildman–Crippen MR) is 116 cm³/mol. The van der Waals surface area contributed by atoms with E-state index in [1.807, 2.05) is 0 Å². The number of nitrogens with one attached hydrogen (secondary N) is 2. The molecule has 0 aromatic heterocycles. The van der Waals surface area contributed by atoms with Gasteiger partial charge in [-0.3, -0.25) is 9.89 Å². The van der Waals surface area contributed by atoms with E-state index in [-0.39, 0.29) is 24.0 Å². The van der Waals surface area contributed by atoms with Crippen LogP contribution in [0.1, 0.15) is 30.9 Å². The second-order valence-corrected chi connectivity index (χ2v) is 6.60. The molecule has 0 bridgehead atoms. The van der Waals surface area contributed by atoms with E-state index >= 15 is 0 Å². The Balaban J connectivity index is 0.00000312. The average molecular weight is 460 g/mol. The molecule has 6 heteroatoms. The van der Waals surface area contributed by atoms with Crippen molar-refractivity contribution in [3.05, 3.63) is 35.4 Å². The first kappa shape index (κ1) is 22.2. The van der Waals surface area contributed by atoms with Crippen molar-refractivity contribution in [3.8, 4) is 0 Å². The fourth-order valence-electron chi connectivity index (χ4n) is 3.23. The minimum Gasteiger partial charge on any atom is -0.383 e. The lowest BCUT2D eigenvalue weighted by Crippen LogP contribution is -2.39. The standard InChI is InChI=1S/C19H32N4O.HI/c1-16-7-6-11-23(14-16)15-18-9-5-4-8-17(18)13-22-19(20-2)21-10-12-24-3;/h4-5,8-9,16H,6-7,10-15H2,1-3H3,(H2,20,21,22);1H. The van der Waals surface area contributed by atoms with Gasteiger partial charge in [0.15, 0.2) is 5.96 Å².